The van der Waals surface area contributed by atoms with Gasteiger partial charge in [0.2, 0.25) is 0 Å². The lowest BCUT2D eigenvalue weighted by Crippen LogP contribution is -2.39. The number of benzene rings is 1. The van der Waals surface area contributed by atoms with E-state index in [1.807, 2.05) is 4.90 Å². The Morgan fingerprint density at radius 3 is 2.54 bits per heavy atom. The number of esters is 1. The van der Waals surface area contributed by atoms with Crippen LogP contribution in [-0.4, -0.2) is 36.0 Å². The third kappa shape index (κ3) is 3.59. The second-order valence-corrected chi connectivity index (χ2v) is 8.75. The summed E-state index contributed by atoms with van der Waals surface area (Å²) in [6.07, 6.45) is 3.19. The van der Waals surface area contributed by atoms with Crippen LogP contribution in [0.4, 0.5) is 0 Å². The minimum atomic E-state index is -0.492. The van der Waals surface area contributed by atoms with Crippen LogP contribution in [0.2, 0.25) is 5.02 Å². The maximum atomic E-state index is 12.6. The van der Waals surface area contributed by atoms with E-state index in [4.69, 9.17) is 16.3 Å². The lowest BCUT2D eigenvalue weighted by Gasteiger charge is -2.39. The fraction of sp³-hybridized carbons (Fsp3) is 0.579. The number of carbonyl (C=O) groups excluding carboxylic acids is 2. The van der Waals surface area contributed by atoms with Gasteiger partial charge in [-0.25, -0.2) is 4.79 Å². The maximum absolute atomic E-state index is 12.6. The van der Waals surface area contributed by atoms with Crippen LogP contribution >= 0.6 is 11.6 Å². The monoisotopic (exact) mass is 349 g/mol. The van der Waals surface area contributed by atoms with E-state index in [2.05, 4.69) is 20.8 Å². The standard InChI is InChI=1S/C19H24ClNO3/c1-18(2)8-15-9-19(3,11-18)12-21(15)16(22)10-24-17(23)13-4-6-14(20)7-5-13/h4-7,15H,8-12H2,1-3H3/t15-,19+/m0/s1. The summed E-state index contributed by atoms with van der Waals surface area (Å²) < 4.78 is 5.20. The molecule has 5 heteroatoms. The van der Waals surface area contributed by atoms with Crippen molar-refractivity contribution in [3.8, 4) is 0 Å². The Kier molecular flexibility index (Phi) is 4.37. The van der Waals surface area contributed by atoms with Crippen LogP contribution in [0.3, 0.4) is 0 Å². The predicted molar refractivity (Wildman–Crippen MR) is 93.0 cm³/mol. The molecule has 1 aromatic carbocycles. The molecule has 0 radical (unpaired) electrons. The Bertz CT molecular complexity index is 655. The van der Waals surface area contributed by atoms with Crippen LogP contribution < -0.4 is 0 Å². The molecule has 1 aliphatic carbocycles. The lowest BCUT2D eigenvalue weighted by atomic mass is 9.65. The van der Waals surface area contributed by atoms with Crippen molar-refractivity contribution in [1.82, 2.24) is 4.90 Å². The number of amides is 1. The van der Waals surface area contributed by atoms with E-state index < -0.39 is 5.97 Å². The zero-order valence-electron chi connectivity index (χ0n) is 14.5. The van der Waals surface area contributed by atoms with E-state index in [9.17, 15) is 9.59 Å². The molecule has 0 spiro atoms. The van der Waals surface area contributed by atoms with Gasteiger partial charge in [-0.05, 0) is 54.4 Å². The van der Waals surface area contributed by atoms with Crippen LogP contribution in [0.1, 0.15) is 50.4 Å². The molecule has 4 nitrogen and oxygen atoms in total. The second kappa shape index (κ2) is 6.07. The highest BCUT2D eigenvalue weighted by Crippen LogP contribution is 2.52. The largest absolute Gasteiger partial charge is 0.452 e. The molecule has 1 aliphatic heterocycles. The van der Waals surface area contributed by atoms with Crippen molar-refractivity contribution in [3.05, 3.63) is 34.9 Å². The number of ether oxygens (including phenoxy) is 1. The molecule has 130 valence electrons. The zero-order valence-corrected chi connectivity index (χ0v) is 15.2. The number of likely N-dealkylation sites (tertiary alicyclic amines) is 1. The lowest BCUT2D eigenvalue weighted by molar-refractivity contribution is -0.135. The molecular formula is C19H24ClNO3. The predicted octanol–water partition coefficient (Wildman–Crippen LogP) is 3.92. The molecule has 0 unspecified atom stereocenters. The van der Waals surface area contributed by atoms with Crippen molar-refractivity contribution in [2.45, 2.75) is 46.1 Å². The molecule has 1 heterocycles. The van der Waals surface area contributed by atoms with E-state index in [0.717, 1.165) is 25.8 Å². The summed E-state index contributed by atoms with van der Waals surface area (Å²) in [7, 11) is 0. The molecule has 1 saturated heterocycles. The summed E-state index contributed by atoms with van der Waals surface area (Å²) >= 11 is 5.80. The first-order valence-corrected chi connectivity index (χ1v) is 8.78. The van der Waals surface area contributed by atoms with Gasteiger partial charge in [-0.1, -0.05) is 32.4 Å². The number of hydrogen-bond donors (Lipinski definition) is 0. The number of carbonyl (C=O) groups is 2. The Labute approximate surface area is 148 Å². The van der Waals surface area contributed by atoms with Crippen molar-refractivity contribution in [1.29, 1.82) is 0 Å². The fourth-order valence-electron chi connectivity index (χ4n) is 4.63. The third-order valence-electron chi connectivity index (χ3n) is 5.14. The fourth-order valence-corrected chi connectivity index (χ4v) is 4.76. The first-order valence-electron chi connectivity index (χ1n) is 8.40. The van der Waals surface area contributed by atoms with Gasteiger partial charge in [0.05, 0.1) is 5.56 Å². The number of fused-ring (bicyclic) bond motifs is 2. The van der Waals surface area contributed by atoms with Gasteiger partial charge < -0.3 is 9.64 Å². The molecule has 24 heavy (non-hydrogen) atoms. The zero-order chi connectivity index (χ0) is 17.5. The smallest absolute Gasteiger partial charge is 0.338 e. The van der Waals surface area contributed by atoms with Gasteiger partial charge in [0.25, 0.3) is 5.91 Å². The first-order chi connectivity index (χ1) is 11.2. The van der Waals surface area contributed by atoms with Crippen molar-refractivity contribution in [2.24, 2.45) is 10.8 Å². The molecule has 1 saturated carbocycles. The average molecular weight is 350 g/mol. The quantitative estimate of drug-likeness (QED) is 0.777. The minimum absolute atomic E-state index is 0.0938. The summed E-state index contributed by atoms with van der Waals surface area (Å²) in [5, 5.41) is 0.558. The summed E-state index contributed by atoms with van der Waals surface area (Å²) in [4.78, 5) is 26.5. The van der Waals surface area contributed by atoms with Gasteiger partial charge >= 0.3 is 5.97 Å². The molecule has 0 aromatic heterocycles. The summed E-state index contributed by atoms with van der Waals surface area (Å²) in [6.45, 7) is 7.36. The van der Waals surface area contributed by atoms with E-state index in [-0.39, 0.29) is 29.4 Å². The number of rotatable bonds is 3. The third-order valence-corrected chi connectivity index (χ3v) is 5.39. The first kappa shape index (κ1) is 17.3. The highest BCUT2D eigenvalue weighted by atomic mass is 35.5. The highest BCUT2D eigenvalue weighted by Gasteiger charge is 2.50. The molecular weight excluding hydrogens is 326 g/mol. The SMILES string of the molecule is CC1(C)C[C@H]2C[C@@](C)(CN2C(=O)COC(=O)c2ccc(Cl)cc2)C1. The molecule has 2 atom stereocenters. The van der Waals surface area contributed by atoms with Gasteiger partial charge in [-0.2, -0.15) is 0 Å². The van der Waals surface area contributed by atoms with E-state index in [1.54, 1.807) is 24.3 Å². The normalized spacial score (nSPS) is 27.8. The molecule has 1 aromatic rings. The van der Waals surface area contributed by atoms with Gasteiger partial charge in [-0.3, -0.25) is 4.79 Å². The Morgan fingerprint density at radius 2 is 1.88 bits per heavy atom. The van der Waals surface area contributed by atoms with Crippen LogP contribution in [0, 0.1) is 10.8 Å². The average Bonchev–Trinajstić information content (AvgIpc) is 2.74. The van der Waals surface area contributed by atoms with E-state index in [1.165, 1.54) is 0 Å². The van der Waals surface area contributed by atoms with Crippen LogP contribution in [0.5, 0.6) is 0 Å². The van der Waals surface area contributed by atoms with Crippen molar-refractivity contribution < 1.29 is 14.3 Å². The van der Waals surface area contributed by atoms with Crippen molar-refractivity contribution in [3.63, 3.8) is 0 Å². The Balaban J connectivity index is 1.60. The topological polar surface area (TPSA) is 46.6 Å². The maximum Gasteiger partial charge on any atom is 0.338 e. The van der Waals surface area contributed by atoms with Gasteiger partial charge in [0.15, 0.2) is 6.61 Å². The van der Waals surface area contributed by atoms with Crippen molar-refractivity contribution in [2.75, 3.05) is 13.2 Å². The molecule has 2 bridgehead atoms. The van der Waals surface area contributed by atoms with Crippen LogP contribution in [0.25, 0.3) is 0 Å². The van der Waals surface area contributed by atoms with Crippen molar-refractivity contribution >= 4 is 23.5 Å². The second-order valence-electron chi connectivity index (χ2n) is 8.32. The Morgan fingerprint density at radius 1 is 1.21 bits per heavy atom. The van der Waals surface area contributed by atoms with Gasteiger partial charge in [0.1, 0.15) is 0 Å². The van der Waals surface area contributed by atoms with E-state index >= 15 is 0 Å². The van der Waals surface area contributed by atoms with E-state index in [0.29, 0.717) is 10.6 Å². The Hall–Kier alpha value is -1.55. The number of nitrogens with zero attached hydrogens (tertiary/aromatic N) is 1. The molecule has 2 fully saturated rings. The molecule has 2 aliphatic rings. The highest BCUT2D eigenvalue weighted by molar-refractivity contribution is 6.30. The van der Waals surface area contributed by atoms with Crippen LogP contribution in [-0.2, 0) is 9.53 Å². The molecule has 1 amide bonds. The summed E-state index contributed by atoms with van der Waals surface area (Å²) in [6, 6.07) is 6.72. The number of halogens is 1. The van der Waals surface area contributed by atoms with Gasteiger partial charge in [-0.15, -0.1) is 0 Å². The van der Waals surface area contributed by atoms with Crippen LogP contribution in [0.15, 0.2) is 24.3 Å². The number of hydrogen-bond acceptors (Lipinski definition) is 3. The minimum Gasteiger partial charge on any atom is -0.452 e. The molecule has 3 rings (SSSR count). The summed E-state index contributed by atoms with van der Waals surface area (Å²) in [5.41, 5.74) is 0.843. The van der Waals surface area contributed by atoms with Gasteiger partial charge in [0, 0.05) is 17.6 Å². The molecule has 0 N–H and O–H groups in total. The summed E-state index contributed by atoms with van der Waals surface area (Å²) in [5.74, 6) is -0.586.